The first kappa shape index (κ1) is 31.5. The molecule has 8 heteroatoms. The van der Waals surface area contributed by atoms with E-state index in [2.05, 4.69) is 0 Å². The third-order valence-electron chi connectivity index (χ3n) is 6.01. The molecule has 3 aromatic rings. The topological polar surface area (TPSA) is 105 Å². The van der Waals surface area contributed by atoms with Crippen LogP contribution in [0, 0.1) is 0 Å². The molecule has 0 aromatic heterocycles. The van der Waals surface area contributed by atoms with Crippen molar-refractivity contribution < 1.29 is 38.1 Å². The van der Waals surface area contributed by atoms with Crippen LogP contribution in [0.4, 0.5) is 0 Å². The summed E-state index contributed by atoms with van der Waals surface area (Å²) in [5, 5.41) is 0. The minimum absolute atomic E-state index is 0.164. The Hall–Kier alpha value is -3.98. The average Bonchev–Trinajstić information content (AvgIpc) is 2.96. The van der Waals surface area contributed by atoms with Gasteiger partial charge in [0.15, 0.2) is 5.78 Å². The molecule has 0 aliphatic carbocycles. The minimum Gasteiger partial charge on any atom is -0.462 e. The Balaban J connectivity index is 1.67. The van der Waals surface area contributed by atoms with Gasteiger partial charge in [-0.05, 0) is 23.6 Å². The lowest BCUT2D eigenvalue weighted by Gasteiger charge is -2.27. The quantitative estimate of drug-likeness (QED) is 0.152. The molecule has 0 saturated carbocycles. The molecule has 3 rings (SSSR count). The molecule has 0 spiro atoms. The predicted molar refractivity (Wildman–Crippen MR) is 152 cm³/mol. The lowest BCUT2D eigenvalue weighted by Crippen LogP contribution is -2.39. The zero-order chi connectivity index (χ0) is 29.3. The maximum Gasteiger partial charge on any atom is 0.313 e. The van der Waals surface area contributed by atoms with Gasteiger partial charge in [0.2, 0.25) is 0 Å². The summed E-state index contributed by atoms with van der Waals surface area (Å²) in [6.45, 7) is 2.14. The molecule has 0 bridgehead atoms. The highest BCUT2D eigenvalue weighted by molar-refractivity contribution is 6.10. The van der Waals surface area contributed by atoms with Gasteiger partial charge in [0.1, 0.15) is 36.8 Å². The molecule has 0 radical (unpaired) electrons. The lowest BCUT2D eigenvalue weighted by atomic mass is 10.1. The van der Waals surface area contributed by atoms with E-state index >= 15 is 0 Å². The van der Waals surface area contributed by atoms with E-state index < -0.39 is 42.6 Å². The normalized spacial score (nSPS) is 12.3. The number of carbonyl (C=O) groups excluding carboxylic acids is 4. The maximum atomic E-state index is 12.5. The number of hydrogen-bond donors (Lipinski definition) is 0. The molecule has 0 aliphatic rings. The monoisotopic (exact) mass is 560 g/mol. The highest BCUT2D eigenvalue weighted by Crippen LogP contribution is 2.15. The Labute approximate surface area is 240 Å². The highest BCUT2D eigenvalue weighted by Gasteiger charge is 2.27. The van der Waals surface area contributed by atoms with Gasteiger partial charge in [-0.3, -0.25) is 19.2 Å². The van der Waals surface area contributed by atoms with E-state index in [1.54, 1.807) is 0 Å². The Morgan fingerprint density at radius 2 is 1.00 bits per heavy atom. The van der Waals surface area contributed by atoms with Gasteiger partial charge in [-0.1, -0.05) is 91.0 Å². The fourth-order valence-corrected chi connectivity index (χ4v) is 3.96. The van der Waals surface area contributed by atoms with Crippen LogP contribution in [0.5, 0.6) is 0 Å². The van der Waals surface area contributed by atoms with Crippen molar-refractivity contribution in [3.8, 4) is 0 Å². The van der Waals surface area contributed by atoms with Crippen molar-refractivity contribution in [2.75, 3.05) is 13.2 Å². The van der Waals surface area contributed by atoms with Gasteiger partial charge < -0.3 is 18.9 Å². The second kappa shape index (κ2) is 17.7. The van der Waals surface area contributed by atoms with Crippen molar-refractivity contribution in [1.82, 2.24) is 0 Å². The van der Waals surface area contributed by atoms with Crippen LogP contribution in [0.2, 0.25) is 0 Å². The van der Waals surface area contributed by atoms with Crippen molar-refractivity contribution in [3.05, 3.63) is 108 Å². The minimum atomic E-state index is -0.786. The molecule has 2 atom stereocenters. The first-order chi connectivity index (χ1) is 19.9. The zero-order valence-corrected chi connectivity index (χ0v) is 23.2. The first-order valence-electron chi connectivity index (χ1n) is 13.5. The fraction of sp³-hybridized carbons (Fsp3) is 0.333. The summed E-state index contributed by atoms with van der Waals surface area (Å²) in [6, 6.07) is 28.9. The van der Waals surface area contributed by atoms with Crippen LogP contribution in [0.3, 0.4) is 0 Å². The average molecular weight is 561 g/mol. The van der Waals surface area contributed by atoms with Gasteiger partial charge in [0, 0.05) is 0 Å². The Morgan fingerprint density at radius 1 is 0.561 bits per heavy atom. The molecular weight excluding hydrogens is 524 g/mol. The van der Waals surface area contributed by atoms with E-state index in [0.29, 0.717) is 6.61 Å². The largest absolute Gasteiger partial charge is 0.462 e. The van der Waals surface area contributed by atoms with E-state index in [4.69, 9.17) is 18.9 Å². The molecule has 0 unspecified atom stereocenters. The SMILES string of the molecule is CC(=O)CC(=O)CC(=O)CC(=O)OC[C@@H](OCc1ccccc1)[C@H](COCc1ccccc1)OCc1ccccc1. The molecule has 0 saturated heterocycles. The molecule has 216 valence electrons. The summed E-state index contributed by atoms with van der Waals surface area (Å²) >= 11 is 0. The van der Waals surface area contributed by atoms with Crippen molar-refractivity contribution >= 4 is 23.3 Å². The summed E-state index contributed by atoms with van der Waals surface area (Å²) in [7, 11) is 0. The van der Waals surface area contributed by atoms with Gasteiger partial charge in [-0.15, -0.1) is 0 Å². The molecular formula is C33H36O8. The van der Waals surface area contributed by atoms with Gasteiger partial charge >= 0.3 is 5.97 Å². The van der Waals surface area contributed by atoms with Gasteiger partial charge in [-0.25, -0.2) is 0 Å². The van der Waals surface area contributed by atoms with Gasteiger partial charge in [0.25, 0.3) is 0 Å². The van der Waals surface area contributed by atoms with Gasteiger partial charge in [0.05, 0.1) is 39.3 Å². The van der Waals surface area contributed by atoms with Crippen LogP contribution >= 0.6 is 0 Å². The maximum absolute atomic E-state index is 12.5. The van der Waals surface area contributed by atoms with Crippen molar-refractivity contribution in [2.24, 2.45) is 0 Å². The smallest absolute Gasteiger partial charge is 0.313 e. The van der Waals surface area contributed by atoms with Crippen LogP contribution in [-0.2, 0) is 57.9 Å². The van der Waals surface area contributed by atoms with Crippen molar-refractivity contribution in [3.63, 3.8) is 0 Å². The van der Waals surface area contributed by atoms with Crippen LogP contribution < -0.4 is 0 Å². The van der Waals surface area contributed by atoms with Crippen LogP contribution in [0.1, 0.15) is 42.9 Å². The Bertz CT molecular complexity index is 1230. The van der Waals surface area contributed by atoms with Crippen molar-refractivity contribution in [2.45, 2.75) is 58.2 Å². The summed E-state index contributed by atoms with van der Waals surface area (Å²) in [5.74, 6) is -2.25. The standard InChI is InChI=1S/C33H36O8/c1-25(34)17-29(35)18-30(36)19-33(37)41-24-32(40-22-28-15-9-4-10-16-28)31(39-21-27-13-7-3-8-14-27)23-38-20-26-11-5-2-6-12-26/h2-16,31-32H,17-24H2,1H3/t31-,32+/m0/s1. The molecule has 0 heterocycles. The van der Waals surface area contributed by atoms with Crippen molar-refractivity contribution in [1.29, 1.82) is 0 Å². The van der Waals surface area contributed by atoms with Gasteiger partial charge in [-0.2, -0.15) is 0 Å². The van der Waals surface area contributed by atoms with Crippen LogP contribution in [-0.4, -0.2) is 48.7 Å². The molecule has 3 aromatic carbocycles. The first-order valence-corrected chi connectivity index (χ1v) is 13.5. The number of rotatable bonds is 19. The number of hydrogen-bond acceptors (Lipinski definition) is 8. The van der Waals surface area contributed by atoms with Crippen LogP contribution in [0.25, 0.3) is 0 Å². The molecule has 8 nitrogen and oxygen atoms in total. The lowest BCUT2D eigenvalue weighted by molar-refractivity contribution is -0.162. The summed E-state index contributed by atoms with van der Waals surface area (Å²) < 4.78 is 23.8. The second-order valence-corrected chi connectivity index (χ2v) is 9.66. The third-order valence-corrected chi connectivity index (χ3v) is 6.01. The van der Waals surface area contributed by atoms with Crippen LogP contribution in [0.15, 0.2) is 91.0 Å². The predicted octanol–water partition coefficient (Wildman–Crippen LogP) is 4.81. The Kier molecular flexibility index (Phi) is 13.6. The fourth-order valence-electron chi connectivity index (χ4n) is 3.96. The third kappa shape index (κ3) is 12.8. The number of carbonyl (C=O) groups is 4. The second-order valence-electron chi connectivity index (χ2n) is 9.66. The number of esters is 1. The van der Waals surface area contributed by atoms with E-state index in [9.17, 15) is 19.2 Å². The van der Waals surface area contributed by atoms with E-state index in [0.717, 1.165) is 16.7 Å². The summed E-state index contributed by atoms with van der Waals surface area (Å²) in [6.07, 6.45) is -2.72. The molecule has 0 N–H and O–H groups in total. The highest BCUT2D eigenvalue weighted by atomic mass is 16.6. The molecule has 41 heavy (non-hydrogen) atoms. The van der Waals surface area contributed by atoms with E-state index in [1.165, 1.54) is 6.92 Å². The molecule has 0 aliphatic heterocycles. The number of Topliss-reactive ketones (excluding diaryl/α,β-unsaturated/α-hetero) is 3. The summed E-state index contributed by atoms with van der Waals surface area (Å²) in [5.41, 5.74) is 2.88. The number of benzene rings is 3. The number of ether oxygens (including phenoxy) is 4. The zero-order valence-electron chi connectivity index (χ0n) is 23.2. The molecule has 0 fully saturated rings. The van der Waals surface area contributed by atoms with E-state index in [-0.39, 0.29) is 38.6 Å². The summed E-state index contributed by atoms with van der Waals surface area (Å²) in [4.78, 5) is 47.5. The number of ketones is 3. The van der Waals surface area contributed by atoms with E-state index in [1.807, 2.05) is 91.0 Å². The molecule has 0 amide bonds. The Morgan fingerprint density at radius 3 is 1.49 bits per heavy atom.